The second-order valence-electron chi connectivity index (χ2n) is 8.16. The molecule has 0 bridgehead atoms. The molecule has 1 aromatic heterocycles. The van der Waals surface area contributed by atoms with E-state index < -0.39 is 0 Å². The Labute approximate surface area is 209 Å². The first kappa shape index (κ1) is 27.7. The summed E-state index contributed by atoms with van der Waals surface area (Å²) in [6.45, 7) is 13.8. The third-order valence-electron chi connectivity index (χ3n) is 5.55. The smallest absolute Gasteiger partial charge is 0.214 e. The van der Waals surface area contributed by atoms with Gasteiger partial charge in [0, 0.05) is 55.9 Å². The zero-order chi connectivity index (χ0) is 25.6. The van der Waals surface area contributed by atoms with Crippen molar-refractivity contribution in [3.05, 3.63) is 65.9 Å². The van der Waals surface area contributed by atoms with Gasteiger partial charge in [0.2, 0.25) is 5.88 Å². The molecule has 0 aliphatic carbocycles. The largest absolute Gasteiger partial charge is 0.472 e. The van der Waals surface area contributed by atoms with Crippen molar-refractivity contribution in [1.82, 2.24) is 10.3 Å². The van der Waals surface area contributed by atoms with Gasteiger partial charge in [-0.05, 0) is 56.0 Å². The van der Waals surface area contributed by atoms with Crippen LogP contribution in [0.5, 0.6) is 5.88 Å². The Balaban J connectivity index is 0.000000279. The number of hydrogen-bond acceptors (Lipinski definition) is 6. The van der Waals surface area contributed by atoms with Crippen molar-refractivity contribution in [1.29, 1.82) is 0 Å². The quantitative estimate of drug-likeness (QED) is 0.292. The molecule has 7 heteroatoms. The Bertz CT molecular complexity index is 1070. The molecule has 1 aliphatic rings. The van der Waals surface area contributed by atoms with Gasteiger partial charge in [-0.3, -0.25) is 14.8 Å². The normalized spacial score (nSPS) is 15.0. The molecule has 1 aromatic carbocycles. The molecule has 3 rings (SSSR count). The van der Waals surface area contributed by atoms with E-state index >= 15 is 0 Å². The van der Waals surface area contributed by atoms with Crippen LogP contribution in [0.1, 0.15) is 55.6 Å². The first-order chi connectivity index (χ1) is 16.9. The van der Waals surface area contributed by atoms with Crippen LogP contribution in [0, 0.1) is 0 Å². The van der Waals surface area contributed by atoms with Crippen LogP contribution < -0.4 is 15.4 Å². The van der Waals surface area contributed by atoms with Crippen LogP contribution >= 0.6 is 0 Å². The van der Waals surface area contributed by atoms with Crippen LogP contribution in [-0.4, -0.2) is 55.6 Å². The molecule has 1 aliphatic heterocycles. The first-order valence-corrected chi connectivity index (χ1v) is 11.9. The summed E-state index contributed by atoms with van der Waals surface area (Å²) in [6, 6.07) is 9.91. The highest BCUT2D eigenvalue weighted by Crippen LogP contribution is 2.23. The number of carbonyl (C=O) groups excluding carboxylic acids is 1. The molecule has 2 heterocycles. The number of aliphatic imine (C=N–C) groups is 2. The van der Waals surface area contributed by atoms with Crippen LogP contribution in [0.15, 0.2) is 59.2 Å². The number of aldehydes is 1. The fourth-order valence-electron chi connectivity index (χ4n) is 2.98. The minimum atomic E-state index is 0.203. The van der Waals surface area contributed by atoms with E-state index in [1.54, 1.807) is 25.4 Å². The zero-order valence-electron chi connectivity index (χ0n) is 21.4. The number of benzene rings is 1. The van der Waals surface area contributed by atoms with Gasteiger partial charge in [-0.25, -0.2) is 4.98 Å². The summed E-state index contributed by atoms with van der Waals surface area (Å²) in [5.74, 6) is 1.40. The Morgan fingerprint density at radius 2 is 2.11 bits per heavy atom. The van der Waals surface area contributed by atoms with Gasteiger partial charge in [-0.1, -0.05) is 37.8 Å². The van der Waals surface area contributed by atoms with Gasteiger partial charge < -0.3 is 15.4 Å². The van der Waals surface area contributed by atoms with E-state index in [1.807, 2.05) is 26.1 Å². The maximum Gasteiger partial charge on any atom is 0.214 e. The van der Waals surface area contributed by atoms with Gasteiger partial charge in [0.15, 0.2) is 0 Å². The monoisotopic (exact) mass is 475 g/mol. The Morgan fingerprint density at radius 1 is 1.34 bits per heavy atom. The predicted octanol–water partition coefficient (Wildman–Crippen LogP) is 5.31. The van der Waals surface area contributed by atoms with E-state index in [0.717, 1.165) is 54.0 Å². The maximum atomic E-state index is 10.4. The van der Waals surface area contributed by atoms with Crippen molar-refractivity contribution in [3.63, 3.8) is 0 Å². The summed E-state index contributed by atoms with van der Waals surface area (Å²) in [5, 5.41) is 6.40. The number of anilines is 1. The van der Waals surface area contributed by atoms with Crippen LogP contribution in [0.2, 0.25) is 0 Å². The molecule has 2 N–H and O–H groups in total. The van der Waals surface area contributed by atoms with E-state index in [2.05, 4.69) is 70.3 Å². The Morgan fingerprint density at radius 3 is 2.69 bits per heavy atom. The maximum absolute atomic E-state index is 10.4. The SMILES string of the molecule is C=Cc1ccc(/C(C=NC(C)CC)=C/C)cc1NC(C)=NC.O=Cc1ccnc(OC2CNC2)c1. The van der Waals surface area contributed by atoms with E-state index in [9.17, 15) is 4.79 Å². The number of rotatable bonds is 9. The molecule has 0 radical (unpaired) electrons. The molecule has 7 nitrogen and oxygen atoms in total. The summed E-state index contributed by atoms with van der Waals surface area (Å²) in [7, 11) is 1.77. The van der Waals surface area contributed by atoms with E-state index in [-0.39, 0.29) is 6.10 Å². The molecule has 1 fully saturated rings. The molecule has 1 unspecified atom stereocenters. The Hall–Kier alpha value is -3.58. The Kier molecular flexibility index (Phi) is 11.6. The average molecular weight is 476 g/mol. The molecule has 2 aromatic rings. The number of allylic oxidation sites excluding steroid dienone is 2. The highest BCUT2D eigenvalue weighted by molar-refractivity contribution is 6.10. The number of ether oxygens (including phenoxy) is 1. The number of pyridine rings is 1. The topological polar surface area (TPSA) is 88.0 Å². The third-order valence-corrected chi connectivity index (χ3v) is 5.55. The zero-order valence-corrected chi connectivity index (χ0v) is 21.4. The lowest BCUT2D eigenvalue weighted by atomic mass is 10.0. The van der Waals surface area contributed by atoms with Crippen LogP contribution in [-0.2, 0) is 0 Å². The minimum absolute atomic E-state index is 0.203. The van der Waals surface area contributed by atoms with Crippen molar-refractivity contribution in [3.8, 4) is 5.88 Å². The van der Waals surface area contributed by atoms with Crippen molar-refractivity contribution in [2.24, 2.45) is 9.98 Å². The van der Waals surface area contributed by atoms with Crippen molar-refractivity contribution >= 4 is 35.7 Å². The highest BCUT2D eigenvalue weighted by atomic mass is 16.5. The summed E-state index contributed by atoms with van der Waals surface area (Å²) < 4.78 is 5.46. The second kappa shape index (κ2) is 14.6. The number of hydrogen-bond donors (Lipinski definition) is 2. The summed E-state index contributed by atoms with van der Waals surface area (Å²) in [6.07, 6.45) is 9.49. The molecule has 0 spiro atoms. The first-order valence-electron chi connectivity index (χ1n) is 11.9. The summed E-state index contributed by atoms with van der Waals surface area (Å²) in [5.41, 5.74) is 4.90. The van der Waals surface area contributed by atoms with E-state index in [1.165, 1.54) is 0 Å². The molecule has 186 valence electrons. The molecule has 35 heavy (non-hydrogen) atoms. The fraction of sp³-hybridized carbons (Fsp3) is 0.357. The summed E-state index contributed by atoms with van der Waals surface area (Å²) in [4.78, 5) is 23.2. The molecule has 0 amide bonds. The number of amidine groups is 1. The van der Waals surface area contributed by atoms with Crippen LogP contribution in [0.4, 0.5) is 5.69 Å². The van der Waals surface area contributed by atoms with Gasteiger partial charge >= 0.3 is 0 Å². The van der Waals surface area contributed by atoms with Crippen LogP contribution in [0.25, 0.3) is 11.6 Å². The average Bonchev–Trinajstić information content (AvgIpc) is 2.87. The number of nitrogens with one attached hydrogen (secondary N) is 2. The minimum Gasteiger partial charge on any atom is -0.472 e. The molecule has 1 saturated heterocycles. The second-order valence-corrected chi connectivity index (χ2v) is 8.16. The van der Waals surface area contributed by atoms with Gasteiger partial charge in [-0.15, -0.1) is 0 Å². The summed E-state index contributed by atoms with van der Waals surface area (Å²) >= 11 is 0. The number of carbonyl (C=O) groups is 1. The van der Waals surface area contributed by atoms with Gasteiger partial charge in [0.25, 0.3) is 0 Å². The molecule has 0 saturated carbocycles. The number of nitrogens with zero attached hydrogens (tertiary/aromatic N) is 3. The fourth-order valence-corrected chi connectivity index (χ4v) is 2.98. The predicted molar refractivity (Wildman–Crippen MR) is 148 cm³/mol. The molecule has 1 atom stereocenters. The van der Waals surface area contributed by atoms with Crippen molar-refractivity contribution in [2.75, 3.05) is 25.5 Å². The molecular formula is C28H37N5O2. The number of aromatic nitrogens is 1. The van der Waals surface area contributed by atoms with Gasteiger partial charge in [-0.2, -0.15) is 0 Å². The van der Waals surface area contributed by atoms with Crippen LogP contribution in [0.3, 0.4) is 0 Å². The third kappa shape index (κ3) is 8.94. The lowest BCUT2D eigenvalue weighted by Gasteiger charge is -2.27. The van der Waals surface area contributed by atoms with Crippen molar-refractivity contribution < 1.29 is 9.53 Å². The lowest BCUT2D eigenvalue weighted by Crippen LogP contribution is -2.50. The standard InChI is InChI=1S/C19H27N3.C9H10N2O2/c1-7-14(4)21-13-17(9-3)18-11-10-16(8-2)19(12-18)22-15(5)20-6;12-6-7-1-2-11-9(3-7)13-8-4-10-5-8/h8-14H,2,7H2,1,3-6H3,(H,20,22);1-3,6,8,10H,4-5H2/b17-9+,21-13?;. The lowest BCUT2D eigenvalue weighted by molar-refractivity contribution is 0.111. The molecular weight excluding hydrogens is 438 g/mol. The van der Waals surface area contributed by atoms with E-state index in [0.29, 0.717) is 17.5 Å². The highest BCUT2D eigenvalue weighted by Gasteiger charge is 2.18. The van der Waals surface area contributed by atoms with Gasteiger partial charge in [0.1, 0.15) is 12.4 Å². The van der Waals surface area contributed by atoms with Gasteiger partial charge in [0.05, 0.1) is 5.84 Å². The van der Waals surface area contributed by atoms with Crippen molar-refractivity contribution in [2.45, 2.75) is 46.3 Å². The van der Waals surface area contributed by atoms with E-state index in [4.69, 9.17) is 4.74 Å².